The smallest absolute Gasteiger partial charge is 0.163 e. The summed E-state index contributed by atoms with van der Waals surface area (Å²) in [4.78, 5) is 16.6. The summed E-state index contributed by atoms with van der Waals surface area (Å²) < 4.78 is 0. The van der Waals surface area contributed by atoms with E-state index < -0.39 is 0 Å². The van der Waals surface area contributed by atoms with Crippen LogP contribution in [0.25, 0.3) is 27.6 Å². The number of hydroxylamine groups is 2. The summed E-state index contributed by atoms with van der Waals surface area (Å²) in [5, 5.41) is 6.20. The summed E-state index contributed by atoms with van der Waals surface area (Å²) in [5.74, 6) is 0.858. The summed E-state index contributed by atoms with van der Waals surface area (Å²) in [5.41, 5.74) is 1.76. The largest absolute Gasteiger partial charge is 0.380 e. The van der Waals surface area contributed by atoms with Crippen molar-refractivity contribution in [3.05, 3.63) is 59.8 Å². The van der Waals surface area contributed by atoms with E-state index in [0.717, 1.165) is 33.8 Å². The van der Waals surface area contributed by atoms with Gasteiger partial charge in [-0.3, -0.25) is 4.79 Å². The number of carbonyl (C=O) groups excluding carboxylic acids is 1. The molecule has 102 valence electrons. The number of carbonyl (C=O) groups is 1. The Balaban J connectivity index is 2.04. The highest BCUT2D eigenvalue weighted by atomic mass is 16.7. The molecule has 3 aromatic carbocycles. The van der Waals surface area contributed by atoms with Gasteiger partial charge in [0.1, 0.15) is 6.29 Å². The van der Waals surface area contributed by atoms with Crippen molar-refractivity contribution in [3.63, 3.8) is 0 Å². The van der Waals surface area contributed by atoms with Crippen LogP contribution in [0.5, 0.6) is 5.75 Å². The molecule has 21 heavy (non-hydrogen) atoms. The summed E-state index contributed by atoms with van der Waals surface area (Å²) in [6.45, 7) is 0. The van der Waals surface area contributed by atoms with Gasteiger partial charge in [0, 0.05) is 24.4 Å². The Morgan fingerprint density at radius 1 is 1.00 bits per heavy atom. The van der Waals surface area contributed by atoms with E-state index in [-0.39, 0.29) is 0 Å². The van der Waals surface area contributed by atoms with E-state index in [1.807, 2.05) is 43.6 Å². The van der Waals surface area contributed by atoms with Gasteiger partial charge in [-0.1, -0.05) is 24.3 Å². The third kappa shape index (κ3) is 1.86. The quantitative estimate of drug-likeness (QED) is 0.496. The summed E-state index contributed by atoms with van der Waals surface area (Å²) in [7, 11) is 1.87. The number of nitrogens with zero attached hydrogens (tertiary/aromatic N) is 1. The lowest BCUT2D eigenvalue weighted by Gasteiger charge is -2.21. The number of hydrogen-bond acceptors (Lipinski definition) is 3. The van der Waals surface area contributed by atoms with Gasteiger partial charge in [-0.05, 0) is 45.8 Å². The summed E-state index contributed by atoms with van der Waals surface area (Å²) in [6.07, 6.45) is 4.81. The van der Waals surface area contributed by atoms with E-state index >= 15 is 0 Å². The van der Waals surface area contributed by atoms with Crippen molar-refractivity contribution >= 4 is 33.9 Å². The molecule has 0 radical (unpaired) electrons. The zero-order chi connectivity index (χ0) is 14.4. The molecule has 1 aliphatic rings. The van der Waals surface area contributed by atoms with Crippen LogP contribution in [0, 0.1) is 0 Å². The Labute approximate surface area is 122 Å². The van der Waals surface area contributed by atoms with Crippen molar-refractivity contribution in [1.29, 1.82) is 0 Å². The van der Waals surface area contributed by atoms with E-state index in [1.165, 1.54) is 5.39 Å². The van der Waals surface area contributed by atoms with Crippen molar-refractivity contribution in [1.82, 2.24) is 5.06 Å². The standard InChI is InChI=1S/C18H13NO2/c1-19-7-6-15-9-17-14(10-18(15)21-19)4-3-13-8-12(11-20)2-5-16(13)17/h2-11H,1H3. The van der Waals surface area contributed by atoms with Gasteiger partial charge in [0.25, 0.3) is 0 Å². The molecule has 0 amide bonds. The topological polar surface area (TPSA) is 29.5 Å². The Kier molecular flexibility index (Phi) is 2.48. The van der Waals surface area contributed by atoms with Crippen molar-refractivity contribution in [2.75, 3.05) is 7.05 Å². The van der Waals surface area contributed by atoms with Gasteiger partial charge in [-0.2, -0.15) is 0 Å². The number of benzene rings is 3. The SMILES string of the molecule is CN1C=Cc2cc3c(ccc4cc(C=O)ccc43)cc2O1. The monoisotopic (exact) mass is 275 g/mol. The van der Waals surface area contributed by atoms with Crippen LogP contribution in [0.4, 0.5) is 0 Å². The van der Waals surface area contributed by atoms with Crippen LogP contribution in [-0.4, -0.2) is 18.4 Å². The van der Waals surface area contributed by atoms with Crippen LogP contribution in [0.1, 0.15) is 15.9 Å². The lowest BCUT2D eigenvalue weighted by Crippen LogP contribution is -2.18. The molecule has 0 bridgehead atoms. The number of hydrogen-bond donors (Lipinski definition) is 0. The maximum atomic E-state index is 10.9. The molecule has 1 heterocycles. The van der Waals surface area contributed by atoms with Crippen LogP contribution < -0.4 is 4.84 Å². The zero-order valence-corrected chi connectivity index (χ0v) is 11.5. The Bertz CT molecular complexity index is 912. The fourth-order valence-electron chi connectivity index (χ4n) is 2.78. The maximum Gasteiger partial charge on any atom is 0.163 e. The van der Waals surface area contributed by atoms with Gasteiger partial charge in [0.15, 0.2) is 5.75 Å². The first-order chi connectivity index (χ1) is 10.2. The lowest BCUT2D eigenvalue weighted by atomic mass is 9.98. The lowest BCUT2D eigenvalue weighted by molar-refractivity contribution is 0.0190. The second-order valence-corrected chi connectivity index (χ2v) is 5.23. The molecule has 0 spiro atoms. The van der Waals surface area contributed by atoms with Crippen molar-refractivity contribution in [2.24, 2.45) is 0 Å². The molecule has 0 fully saturated rings. The second-order valence-electron chi connectivity index (χ2n) is 5.23. The highest BCUT2D eigenvalue weighted by Gasteiger charge is 2.12. The number of aldehydes is 1. The molecular weight excluding hydrogens is 262 g/mol. The van der Waals surface area contributed by atoms with Crippen molar-refractivity contribution < 1.29 is 9.63 Å². The average molecular weight is 275 g/mol. The van der Waals surface area contributed by atoms with E-state index in [4.69, 9.17) is 4.84 Å². The summed E-state index contributed by atoms with van der Waals surface area (Å²) >= 11 is 0. The Morgan fingerprint density at radius 2 is 1.81 bits per heavy atom. The minimum Gasteiger partial charge on any atom is -0.380 e. The van der Waals surface area contributed by atoms with Crippen LogP contribution in [0.3, 0.4) is 0 Å². The van der Waals surface area contributed by atoms with Crippen LogP contribution in [0.15, 0.2) is 48.7 Å². The predicted molar refractivity (Wildman–Crippen MR) is 84.3 cm³/mol. The molecule has 1 aliphatic heterocycles. The van der Waals surface area contributed by atoms with Crippen LogP contribution in [-0.2, 0) is 0 Å². The van der Waals surface area contributed by atoms with Gasteiger partial charge in [0.05, 0.1) is 0 Å². The van der Waals surface area contributed by atoms with E-state index in [0.29, 0.717) is 5.56 Å². The van der Waals surface area contributed by atoms with E-state index in [1.54, 1.807) is 5.06 Å². The average Bonchev–Trinajstić information content (AvgIpc) is 2.52. The number of fused-ring (bicyclic) bond motifs is 4. The van der Waals surface area contributed by atoms with Crippen molar-refractivity contribution in [2.45, 2.75) is 0 Å². The Hall–Kier alpha value is -2.81. The molecule has 3 heteroatoms. The fraction of sp³-hybridized carbons (Fsp3) is 0.0556. The molecule has 0 saturated heterocycles. The molecule has 3 aromatic rings. The molecule has 4 rings (SSSR count). The minimum atomic E-state index is 0.699. The molecule has 0 atom stereocenters. The molecular formula is C18H13NO2. The first kappa shape index (κ1) is 12.0. The molecule has 0 unspecified atom stereocenters. The van der Waals surface area contributed by atoms with Gasteiger partial charge >= 0.3 is 0 Å². The van der Waals surface area contributed by atoms with Crippen molar-refractivity contribution in [3.8, 4) is 5.75 Å². The second kappa shape index (κ2) is 4.35. The highest BCUT2D eigenvalue weighted by molar-refractivity contribution is 6.09. The third-order valence-corrected chi connectivity index (χ3v) is 3.83. The minimum absolute atomic E-state index is 0.699. The summed E-state index contributed by atoms with van der Waals surface area (Å²) in [6, 6.07) is 14.1. The molecule has 0 saturated carbocycles. The maximum absolute atomic E-state index is 10.9. The molecule has 3 nitrogen and oxygen atoms in total. The van der Waals surface area contributed by atoms with Gasteiger partial charge in [-0.15, -0.1) is 0 Å². The molecule has 0 aliphatic carbocycles. The van der Waals surface area contributed by atoms with Crippen LogP contribution >= 0.6 is 0 Å². The first-order valence-electron chi connectivity index (χ1n) is 6.79. The predicted octanol–water partition coefficient (Wildman–Crippen LogP) is 4.02. The fourth-order valence-corrected chi connectivity index (χ4v) is 2.78. The zero-order valence-electron chi connectivity index (χ0n) is 11.5. The first-order valence-corrected chi connectivity index (χ1v) is 6.79. The van der Waals surface area contributed by atoms with Gasteiger partial charge in [0.2, 0.25) is 0 Å². The van der Waals surface area contributed by atoms with Crippen LogP contribution in [0.2, 0.25) is 0 Å². The van der Waals surface area contributed by atoms with E-state index in [9.17, 15) is 4.79 Å². The third-order valence-electron chi connectivity index (χ3n) is 3.83. The molecule has 0 aromatic heterocycles. The normalized spacial score (nSPS) is 13.3. The van der Waals surface area contributed by atoms with Gasteiger partial charge < -0.3 is 4.84 Å². The van der Waals surface area contributed by atoms with Gasteiger partial charge in [-0.25, -0.2) is 5.06 Å². The number of rotatable bonds is 1. The Morgan fingerprint density at radius 3 is 2.62 bits per heavy atom. The molecule has 0 N–H and O–H groups in total. The highest BCUT2D eigenvalue weighted by Crippen LogP contribution is 2.34. The van der Waals surface area contributed by atoms with E-state index in [2.05, 4.69) is 18.2 Å².